The molecule has 0 amide bonds. The van der Waals surface area contributed by atoms with Gasteiger partial charge in [0.05, 0.1) is 19.3 Å². The first-order valence-corrected chi connectivity index (χ1v) is 9.68. The van der Waals surface area contributed by atoms with Crippen LogP contribution in [0.2, 0.25) is 0 Å². The number of ether oxygens (including phenoxy) is 1. The molecule has 0 saturated heterocycles. The normalized spacial score (nSPS) is 15.8. The molecule has 0 unspecified atom stereocenters. The highest BCUT2D eigenvalue weighted by molar-refractivity contribution is 5.24. The van der Waals surface area contributed by atoms with Gasteiger partial charge in [-0.1, -0.05) is 48.5 Å². The Morgan fingerprint density at radius 2 is 2.00 bits per heavy atom. The smallest absolute Gasteiger partial charge is 0.288 e. The maximum atomic E-state index is 11.9. The van der Waals surface area contributed by atoms with Crippen molar-refractivity contribution in [2.45, 2.75) is 60.5 Å². The minimum Gasteiger partial charge on any atom is -0.468 e. The van der Waals surface area contributed by atoms with Crippen LogP contribution in [0.5, 0.6) is 5.95 Å². The van der Waals surface area contributed by atoms with Crippen molar-refractivity contribution in [1.29, 1.82) is 0 Å². The quantitative estimate of drug-likeness (QED) is 0.462. The average Bonchev–Trinajstić information content (AvgIpc) is 2.67. The van der Waals surface area contributed by atoms with E-state index in [1.54, 1.807) is 6.92 Å². The third-order valence-corrected chi connectivity index (χ3v) is 4.86. The van der Waals surface area contributed by atoms with Crippen LogP contribution in [-0.4, -0.2) is 18.3 Å². The van der Waals surface area contributed by atoms with Crippen LogP contribution in [0.15, 0.2) is 62.4 Å². The van der Waals surface area contributed by atoms with Gasteiger partial charge in [0.25, 0.3) is 5.95 Å². The summed E-state index contributed by atoms with van der Waals surface area (Å²) in [6.45, 7) is 11.8. The molecule has 0 saturated carbocycles. The molecular weight excluding hydrogens is 352 g/mol. The minimum absolute atomic E-state index is 0.0661. The number of aliphatic hydroxyl groups is 1. The number of methoxy groups -OCH3 is 1. The Kier molecular flexibility index (Phi) is 9.74. The van der Waals surface area contributed by atoms with Crippen LogP contribution < -0.4 is 10.2 Å². The van der Waals surface area contributed by atoms with E-state index in [0.717, 1.165) is 17.6 Å². The van der Waals surface area contributed by atoms with Gasteiger partial charge in [-0.2, -0.15) is 0 Å². The number of hydrogen-bond donors (Lipinski definition) is 1. The first-order chi connectivity index (χ1) is 13.2. The van der Waals surface area contributed by atoms with E-state index >= 15 is 0 Å². The van der Waals surface area contributed by atoms with Gasteiger partial charge in [0.15, 0.2) is 5.43 Å². The van der Waals surface area contributed by atoms with Crippen LogP contribution in [0.3, 0.4) is 0 Å². The lowest BCUT2D eigenvalue weighted by molar-refractivity contribution is 0.173. The maximum absolute atomic E-state index is 11.9. The first kappa shape index (κ1) is 23.7. The van der Waals surface area contributed by atoms with E-state index < -0.39 is 6.10 Å². The van der Waals surface area contributed by atoms with E-state index in [-0.39, 0.29) is 17.3 Å². The second kappa shape index (κ2) is 11.5. The number of aliphatic hydroxyl groups excluding tert-OH is 1. The molecule has 28 heavy (non-hydrogen) atoms. The van der Waals surface area contributed by atoms with Crippen LogP contribution in [0.25, 0.3) is 0 Å². The highest BCUT2D eigenvalue weighted by Gasteiger charge is 2.12. The van der Waals surface area contributed by atoms with Gasteiger partial charge in [-0.05, 0) is 46.6 Å². The van der Waals surface area contributed by atoms with Crippen LogP contribution in [0.4, 0.5) is 0 Å². The standard InChI is InChI=1S/C24H34O4/c1-8-18(4)24(26)19(5)14-17(3)11-9-10-16(2)12-13-22-20(6)21(25)15-23(27-7)28-22/h8-9,11-12,14-15,19,24,26H,10,13H2,1-7H3/t19-,24-/m0/s1. The molecule has 2 atom stereocenters. The Morgan fingerprint density at radius 3 is 2.61 bits per heavy atom. The molecule has 0 aliphatic rings. The largest absolute Gasteiger partial charge is 0.468 e. The van der Waals surface area contributed by atoms with E-state index in [1.807, 2.05) is 33.8 Å². The number of hydrogen-bond acceptors (Lipinski definition) is 4. The molecule has 1 heterocycles. The highest BCUT2D eigenvalue weighted by atomic mass is 16.6. The summed E-state index contributed by atoms with van der Waals surface area (Å²) in [5.41, 5.74) is 3.83. The number of allylic oxidation sites excluding steroid dienone is 6. The Hall–Kier alpha value is -2.33. The lowest BCUT2D eigenvalue weighted by Gasteiger charge is -2.16. The molecule has 1 N–H and O–H groups in total. The zero-order chi connectivity index (χ0) is 21.3. The molecule has 0 fully saturated rings. The fourth-order valence-corrected chi connectivity index (χ4v) is 2.80. The average molecular weight is 387 g/mol. The van der Waals surface area contributed by atoms with Crippen molar-refractivity contribution < 1.29 is 14.3 Å². The van der Waals surface area contributed by atoms with E-state index in [0.29, 0.717) is 17.7 Å². The summed E-state index contributed by atoms with van der Waals surface area (Å²) >= 11 is 0. The maximum Gasteiger partial charge on any atom is 0.288 e. The molecule has 1 aromatic heterocycles. The van der Waals surface area contributed by atoms with Gasteiger partial charge < -0.3 is 14.3 Å². The lowest BCUT2D eigenvalue weighted by atomic mass is 9.96. The SMILES string of the molecule is CC=C(C)[C@H](O)[C@@H](C)C=C(C)C=CCC(C)=CCc1oc(OC)cc(=O)c1C. The zero-order valence-corrected chi connectivity index (χ0v) is 18.2. The minimum atomic E-state index is -0.448. The van der Waals surface area contributed by atoms with Crippen LogP contribution in [0.1, 0.15) is 52.4 Å². The van der Waals surface area contributed by atoms with Gasteiger partial charge in [0.2, 0.25) is 0 Å². The summed E-state index contributed by atoms with van der Waals surface area (Å²) in [7, 11) is 1.48. The molecule has 1 rings (SSSR count). The fourth-order valence-electron chi connectivity index (χ4n) is 2.80. The molecule has 1 aromatic rings. The topological polar surface area (TPSA) is 59.7 Å². The molecule has 0 aliphatic heterocycles. The van der Waals surface area contributed by atoms with Crippen molar-refractivity contribution in [3.05, 3.63) is 74.7 Å². The predicted octanol–water partition coefficient (Wildman–Crippen LogP) is 5.30. The first-order valence-electron chi connectivity index (χ1n) is 9.68. The molecule has 4 nitrogen and oxygen atoms in total. The van der Waals surface area contributed by atoms with E-state index in [2.05, 4.69) is 31.2 Å². The van der Waals surface area contributed by atoms with Gasteiger partial charge in [-0.15, -0.1) is 0 Å². The second-order valence-corrected chi connectivity index (χ2v) is 7.29. The monoisotopic (exact) mass is 386 g/mol. The Labute approximate surface area is 168 Å². The van der Waals surface area contributed by atoms with E-state index in [4.69, 9.17) is 9.15 Å². The summed E-state index contributed by atoms with van der Waals surface area (Å²) in [5, 5.41) is 10.2. The zero-order valence-electron chi connectivity index (χ0n) is 18.2. The third-order valence-electron chi connectivity index (χ3n) is 4.86. The van der Waals surface area contributed by atoms with Gasteiger partial charge in [0, 0.05) is 17.9 Å². The third kappa shape index (κ3) is 7.35. The van der Waals surface area contributed by atoms with Crippen molar-refractivity contribution in [3.8, 4) is 5.95 Å². The van der Waals surface area contributed by atoms with Crippen LogP contribution in [0, 0.1) is 12.8 Å². The van der Waals surface area contributed by atoms with Gasteiger partial charge in [0.1, 0.15) is 5.76 Å². The van der Waals surface area contributed by atoms with E-state index in [9.17, 15) is 9.90 Å². The Balaban J connectivity index is 2.71. The molecular formula is C24H34O4. The van der Waals surface area contributed by atoms with Crippen LogP contribution >= 0.6 is 0 Å². The molecule has 154 valence electrons. The van der Waals surface area contributed by atoms with Crippen molar-refractivity contribution in [3.63, 3.8) is 0 Å². The van der Waals surface area contributed by atoms with Gasteiger partial charge in [-0.25, -0.2) is 0 Å². The predicted molar refractivity (Wildman–Crippen MR) is 116 cm³/mol. The molecule has 0 bridgehead atoms. The molecule has 0 spiro atoms. The van der Waals surface area contributed by atoms with Crippen molar-refractivity contribution >= 4 is 0 Å². The van der Waals surface area contributed by atoms with Crippen molar-refractivity contribution in [1.82, 2.24) is 0 Å². The van der Waals surface area contributed by atoms with Gasteiger partial charge in [-0.3, -0.25) is 4.79 Å². The molecule has 4 heteroatoms. The van der Waals surface area contributed by atoms with Gasteiger partial charge >= 0.3 is 0 Å². The molecule has 0 aliphatic carbocycles. The summed E-state index contributed by atoms with van der Waals surface area (Å²) in [4.78, 5) is 11.9. The Bertz CT molecular complexity index is 821. The molecule has 0 radical (unpaired) electrons. The Morgan fingerprint density at radius 1 is 1.32 bits per heavy atom. The van der Waals surface area contributed by atoms with E-state index in [1.165, 1.54) is 18.7 Å². The fraction of sp³-hybridized carbons (Fsp3) is 0.458. The number of rotatable bonds is 9. The lowest BCUT2D eigenvalue weighted by Crippen LogP contribution is -2.17. The summed E-state index contributed by atoms with van der Waals surface area (Å²) in [5.74, 6) is 0.934. The second-order valence-electron chi connectivity index (χ2n) is 7.29. The van der Waals surface area contributed by atoms with Crippen molar-refractivity contribution in [2.24, 2.45) is 5.92 Å². The highest BCUT2D eigenvalue weighted by Crippen LogP contribution is 2.17. The molecule has 0 aromatic carbocycles. The summed E-state index contributed by atoms with van der Waals surface area (Å²) < 4.78 is 10.6. The van der Waals surface area contributed by atoms with Crippen LogP contribution in [-0.2, 0) is 6.42 Å². The van der Waals surface area contributed by atoms with Crippen molar-refractivity contribution in [2.75, 3.05) is 7.11 Å². The summed E-state index contributed by atoms with van der Waals surface area (Å²) in [6.07, 6.45) is 11.2. The summed E-state index contributed by atoms with van der Waals surface area (Å²) in [6, 6.07) is 1.36.